The Kier molecular flexibility index (Phi) is 5.79. The van der Waals surface area contributed by atoms with Gasteiger partial charge in [-0.05, 0) is 42.1 Å². The lowest BCUT2D eigenvalue weighted by Crippen LogP contribution is -2.14. The van der Waals surface area contributed by atoms with E-state index in [9.17, 15) is 4.79 Å². The van der Waals surface area contributed by atoms with Crippen LogP contribution in [0.1, 0.15) is 18.2 Å². The van der Waals surface area contributed by atoms with Crippen molar-refractivity contribution in [3.63, 3.8) is 0 Å². The van der Waals surface area contributed by atoms with Gasteiger partial charge in [0.1, 0.15) is 0 Å². The Morgan fingerprint density at radius 3 is 2.80 bits per heavy atom. The molecule has 1 amide bonds. The minimum atomic E-state index is -0.491. The van der Waals surface area contributed by atoms with Crippen LogP contribution < -0.4 is 10.6 Å². The summed E-state index contributed by atoms with van der Waals surface area (Å²) in [4.78, 5) is 12.9. The average Bonchev–Trinajstić information content (AvgIpc) is 3.03. The molecular weight excluding hydrogens is 356 g/mol. The Morgan fingerprint density at radius 1 is 1.20 bits per heavy atom. The Labute approximate surface area is 155 Å². The monoisotopic (exact) mass is 374 g/mol. The number of thiophene rings is 1. The number of rotatable bonds is 6. The second-order valence-electron chi connectivity index (χ2n) is 5.56. The average molecular weight is 375 g/mol. The Balaban J connectivity index is 1.61. The van der Waals surface area contributed by atoms with Gasteiger partial charge in [0.05, 0.1) is 17.3 Å². The van der Waals surface area contributed by atoms with Crippen LogP contribution in [0.2, 0.25) is 5.02 Å². The van der Waals surface area contributed by atoms with Crippen molar-refractivity contribution in [1.29, 1.82) is 0 Å². The van der Waals surface area contributed by atoms with Crippen molar-refractivity contribution in [1.82, 2.24) is 0 Å². The van der Waals surface area contributed by atoms with E-state index in [1.807, 2.05) is 25.1 Å². The molecule has 0 spiro atoms. The number of halogens is 1. The van der Waals surface area contributed by atoms with Gasteiger partial charge in [0.15, 0.2) is 0 Å². The Hall–Kier alpha value is -2.24. The number of amides is 1. The van der Waals surface area contributed by atoms with E-state index in [1.165, 1.54) is 15.0 Å². The molecule has 4 nitrogen and oxygen atoms in total. The lowest BCUT2D eigenvalue weighted by Gasteiger charge is -2.10. The predicted molar refractivity (Wildman–Crippen MR) is 106 cm³/mol. The van der Waals surface area contributed by atoms with Crippen molar-refractivity contribution < 1.29 is 9.53 Å². The molecular formula is C19H19ClN2O2S. The summed E-state index contributed by atoms with van der Waals surface area (Å²) in [5.41, 5.74) is 1.44. The number of benzene rings is 2. The van der Waals surface area contributed by atoms with Gasteiger partial charge in [-0.1, -0.05) is 36.7 Å². The third-order valence-corrected chi connectivity index (χ3v) is 5.02. The van der Waals surface area contributed by atoms with Gasteiger partial charge in [-0.15, -0.1) is 11.3 Å². The predicted octanol–water partition coefficient (Wildman–Crippen LogP) is 6.13. The first-order valence-electron chi connectivity index (χ1n) is 8.10. The van der Waals surface area contributed by atoms with Crippen molar-refractivity contribution >= 4 is 50.5 Å². The summed E-state index contributed by atoms with van der Waals surface area (Å²) < 4.78 is 6.27. The topological polar surface area (TPSA) is 50.4 Å². The summed E-state index contributed by atoms with van der Waals surface area (Å²) in [6.45, 7) is 3.05. The van der Waals surface area contributed by atoms with E-state index < -0.39 is 6.09 Å². The van der Waals surface area contributed by atoms with E-state index in [0.717, 1.165) is 18.7 Å². The molecule has 0 saturated carbocycles. The third kappa shape index (κ3) is 4.65. The van der Waals surface area contributed by atoms with Crippen molar-refractivity contribution in [2.45, 2.75) is 19.9 Å². The summed E-state index contributed by atoms with van der Waals surface area (Å²) >= 11 is 8.02. The first kappa shape index (κ1) is 17.6. The molecule has 1 aromatic heterocycles. The van der Waals surface area contributed by atoms with Gasteiger partial charge in [-0.25, -0.2) is 4.79 Å². The molecule has 2 aromatic carbocycles. The molecule has 25 heavy (non-hydrogen) atoms. The van der Waals surface area contributed by atoms with Crippen molar-refractivity contribution in [2.24, 2.45) is 0 Å². The Morgan fingerprint density at radius 2 is 2.04 bits per heavy atom. The molecule has 0 atom stereocenters. The van der Waals surface area contributed by atoms with E-state index in [4.69, 9.17) is 16.3 Å². The zero-order chi connectivity index (χ0) is 17.6. The van der Waals surface area contributed by atoms with Gasteiger partial charge in [-0.2, -0.15) is 0 Å². The summed E-state index contributed by atoms with van der Waals surface area (Å²) in [6.07, 6.45) is 0.289. The van der Waals surface area contributed by atoms with Crippen LogP contribution >= 0.6 is 22.9 Å². The molecule has 1 heterocycles. The van der Waals surface area contributed by atoms with Crippen molar-refractivity contribution in [3.8, 4) is 0 Å². The van der Waals surface area contributed by atoms with Gasteiger partial charge >= 0.3 is 6.09 Å². The molecule has 130 valence electrons. The summed E-state index contributed by atoms with van der Waals surface area (Å²) in [6, 6.07) is 16.0. The molecule has 3 rings (SSSR count). The van der Waals surface area contributed by atoms with Crippen LogP contribution in [0.15, 0.2) is 48.5 Å². The molecule has 0 saturated heterocycles. The van der Waals surface area contributed by atoms with E-state index >= 15 is 0 Å². The van der Waals surface area contributed by atoms with Gasteiger partial charge in [0.2, 0.25) is 0 Å². The SMILES string of the molecule is CCCOC(=O)Nc1ccc(NCc2cc3ccccc3s2)cc1Cl. The van der Waals surface area contributed by atoms with Crippen LogP contribution in [0.4, 0.5) is 16.2 Å². The molecule has 2 N–H and O–H groups in total. The minimum Gasteiger partial charge on any atom is -0.449 e. The highest BCUT2D eigenvalue weighted by Gasteiger charge is 2.08. The molecule has 0 aliphatic carbocycles. The van der Waals surface area contributed by atoms with Crippen molar-refractivity contribution in [2.75, 3.05) is 17.2 Å². The van der Waals surface area contributed by atoms with E-state index in [0.29, 0.717) is 17.3 Å². The largest absolute Gasteiger partial charge is 0.449 e. The highest BCUT2D eigenvalue weighted by molar-refractivity contribution is 7.19. The van der Waals surface area contributed by atoms with Crippen LogP contribution in [-0.2, 0) is 11.3 Å². The lowest BCUT2D eigenvalue weighted by atomic mass is 10.2. The number of hydrogen-bond acceptors (Lipinski definition) is 4. The fraction of sp³-hybridized carbons (Fsp3) is 0.211. The number of hydrogen-bond donors (Lipinski definition) is 2. The standard InChI is InChI=1S/C19H19ClN2O2S/c1-2-9-24-19(23)22-17-8-7-14(11-16(17)20)21-12-15-10-13-5-3-4-6-18(13)25-15/h3-8,10-11,21H,2,9,12H2,1H3,(H,22,23). The fourth-order valence-corrected chi connectivity index (χ4v) is 3.61. The summed E-state index contributed by atoms with van der Waals surface area (Å²) in [5.74, 6) is 0. The second kappa shape index (κ2) is 8.23. The molecule has 0 fully saturated rings. The third-order valence-electron chi connectivity index (χ3n) is 3.59. The number of nitrogens with one attached hydrogen (secondary N) is 2. The highest BCUT2D eigenvalue weighted by atomic mass is 35.5. The minimum absolute atomic E-state index is 0.387. The molecule has 0 radical (unpaired) electrons. The normalized spacial score (nSPS) is 10.6. The first-order chi connectivity index (χ1) is 12.2. The van der Waals surface area contributed by atoms with Crippen LogP contribution in [-0.4, -0.2) is 12.7 Å². The zero-order valence-electron chi connectivity index (χ0n) is 13.8. The number of carbonyl (C=O) groups is 1. The number of fused-ring (bicyclic) bond motifs is 1. The molecule has 3 aromatic rings. The smallest absolute Gasteiger partial charge is 0.411 e. The molecule has 6 heteroatoms. The molecule has 0 aliphatic heterocycles. The van der Waals surface area contributed by atoms with Crippen LogP contribution in [0.3, 0.4) is 0 Å². The maximum atomic E-state index is 11.6. The second-order valence-corrected chi connectivity index (χ2v) is 7.14. The fourth-order valence-electron chi connectivity index (χ4n) is 2.38. The lowest BCUT2D eigenvalue weighted by molar-refractivity contribution is 0.161. The first-order valence-corrected chi connectivity index (χ1v) is 9.30. The number of ether oxygens (including phenoxy) is 1. The van der Waals surface area contributed by atoms with Crippen LogP contribution in [0, 0.1) is 0 Å². The Bertz CT molecular complexity index is 846. The van der Waals surface area contributed by atoms with Crippen LogP contribution in [0.5, 0.6) is 0 Å². The molecule has 0 unspecified atom stereocenters. The maximum absolute atomic E-state index is 11.6. The van der Waals surface area contributed by atoms with E-state index in [2.05, 4.69) is 28.8 Å². The summed E-state index contributed by atoms with van der Waals surface area (Å²) in [5, 5.41) is 7.73. The number of carbonyl (C=O) groups excluding carboxylic acids is 1. The van der Waals surface area contributed by atoms with E-state index in [-0.39, 0.29) is 0 Å². The molecule has 0 bridgehead atoms. The number of anilines is 2. The van der Waals surface area contributed by atoms with Gasteiger partial charge in [0.25, 0.3) is 0 Å². The summed E-state index contributed by atoms with van der Waals surface area (Å²) in [7, 11) is 0. The van der Waals surface area contributed by atoms with Gasteiger partial charge in [-0.3, -0.25) is 5.32 Å². The van der Waals surface area contributed by atoms with Gasteiger partial charge < -0.3 is 10.1 Å². The maximum Gasteiger partial charge on any atom is 0.411 e. The highest BCUT2D eigenvalue weighted by Crippen LogP contribution is 2.28. The zero-order valence-corrected chi connectivity index (χ0v) is 15.4. The van der Waals surface area contributed by atoms with Crippen molar-refractivity contribution in [3.05, 3.63) is 58.4 Å². The molecule has 0 aliphatic rings. The van der Waals surface area contributed by atoms with Gasteiger partial charge in [0, 0.05) is 21.8 Å². The van der Waals surface area contributed by atoms with Crippen LogP contribution in [0.25, 0.3) is 10.1 Å². The quantitative estimate of drug-likeness (QED) is 0.546. The van der Waals surface area contributed by atoms with E-state index in [1.54, 1.807) is 23.5 Å².